The molecule has 1 atom stereocenters. The first kappa shape index (κ1) is 16.9. The Morgan fingerprint density at radius 2 is 2.12 bits per heavy atom. The molecular formula is C16H22N6OS. The van der Waals surface area contributed by atoms with Gasteiger partial charge in [0.25, 0.3) is 0 Å². The Bertz CT molecular complexity index is 668. The standard InChI is InChI=1S/C16H22N6OS/c1-12(22-7-5-21(2)6-8-22)15(23)19-9-13-11-24-16(20-13)14-10-17-3-4-18-14/h3-4,10-12H,5-9H2,1-2H3,(H,19,23)/t12-/m0/s1. The Morgan fingerprint density at radius 3 is 2.83 bits per heavy atom. The number of rotatable bonds is 5. The van der Waals surface area contributed by atoms with Gasteiger partial charge in [-0.05, 0) is 14.0 Å². The number of carbonyl (C=O) groups is 1. The van der Waals surface area contributed by atoms with Gasteiger partial charge in [-0.3, -0.25) is 19.7 Å². The Balaban J connectivity index is 1.52. The molecule has 0 unspecified atom stereocenters. The van der Waals surface area contributed by atoms with Gasteiger partial charge in [0.15, 0.2) is 0 Å². The molecule has 128 valence electrons. The minimum absolute atomic E-state index is 0.0496. The number of nitrogens with zero attached hydrogens (tertiary/aromatic N) is 5. The zero-order valence-electron chi connectivity index (χ0n) is 14.0. The number of likely N-dealkylation sites (N-methyl/N-ethyl adjacent to an activating group) is 1. The van der Waals surface area contributed by atoms with Crippen LogP contribution in [0.2, 0.25) is 0 Å². The number of hydrogen-bond donors (Lipinski definition) is 1. The predicted octanol–water partition coefficient (Wildman–Crippen LogP) is 0.852. The molecule has 2 aromatic heterocycles. The van der Waals surface area contributed by atoms with Gasteiger partial charge in [-0.2, -0.15) is 0 Å². The second-order valence-electron chi connectivity index (χ2n) is 5.97. The van der Waals surface area contributed by atoms with Gasteiger partial charge in [-0.25, -0.2) is 4.98 Å². The molecule has 3 heterocycles. The number of carbonyl (C=O) groups excluding carboxylic acids is 1. The monoisotopic (exact) mass is 346 g/mol. The molecule has 1 saturated heterocycles. The maximum absolute atomic E-state index is 12.4. The van der Waals surface area contributed by atoms with Crippen molar-refractivity contribution in [1.29, 1.82) is 0 Å². The molecule has 0 radical (unpaired) electrons. The van der Waals surface area contributed by atoms with Crippen molar-refractivity contribution < 1.29 is 4.79 Å². The second kappa shape index (κ2) is 7.78. The molecule has 1 amide bonds. The van der Waals surface area contributed by atoms with Gasteiger partial charge in [-0.15, -0.1) is 11.3 Å². The van der Waals surface area contributed by atoms with Gasteiger partial charge in [0, 0.05) is 44.0 Å². The van der Waals surface area contributed by atoms with Gasteiger partial charge in [-0.1, -0.05) is 0 Å². The molecule has 8 heteroatoms. The van der Waals surface area contributed by atoms with E-state index in [1.807, 2.05) is 12.3 Å². The van der Waals surface area contributed by atoms with Crippen LogP contribution in [0.1, 0.15) is 12.6 Å². The lowest BCUT2D eigenvalue weighted by Crippen LogP contribution is -2.52. The number of hydrogen-bond acceptors (Lipinski definition) is 7. The van der Waals surface area contributed by atoms with E-state index in [1.54, 1.807) is 18.6 Å². The summed E-state index contributed by atoms with van der Waals surface area (Å²) >= 11 is 1.51. The molecule has 1 aliphatic heterocycles. The number of amides is 1. The molecule has 0 spiro atoms. The van der Waals surface area contributed by atoms with E-state index in [9.17, 15) is 4.79 Å². The van der Waals surface area contributed by atoms with E-state index in [-0.39, 0.29) is 11.9 Å². The van der Waals surface area contributed by atoms with E-state index in [0.29, 0.717) is 6.54 Å². The molecule has 2 aromatic rings. The SMILES string of the molecule is C[C@@H](C(=O)NCc1csc(-c2cnccn2)n1)N1CCN(C)CC1. The Morgan fingerprint density at radius 1 is 1.33 bits per heavy atom. The third-order valence-corrected chi connectivity index (χ3v) is 5.16. The van der Waals surface area contributed by atoms with Crippen LogP contribution in [-0.2, 0) is 11.3 Å². The first-order valence-electron chi connectivity index (χ1n) is 8.04. The molecule has 0 saturated carbocycles. The smallest absolute Gasteiger partial charge is 0.237 e. The van der Waals surface area contributed by atoms with Crippen molar-refractivity contribution in [3.63, 3.8) is 0 Å². The van der Waals surface area contributed by atoms with Crippen LogP contribution in [0.3, 0.4) is 0 Å². The average molecular weight is 346 g/mol. The van der Waals surface area contributed by atoms with E-state index >= 15 is 0 Å². The van der Waals surface area contributed by atoms with Crippen molar-refractivity contribution in [2.45, 2.75) is 19.5 Å². The van der Waals surface area contributed by atoms with Crippen molar-refractivity contribution in [2.75, 3.05) is 33.2 Å². The first-order chi connectivity index (χ1) is 11.6. The van der Waals surface area contributed by atoms with Gasteiger partial charge in [0.05, 0.1) is 24.5 Å². The fraction of sp³-hybridized carbons (Fsp3) is 0.500. The maximum Gasteiger partial charge on any atom is 0.237 e. The molecule has 0 aromatic carbocycles. The molecule has 3 rings (SSSR count). The Labute approximate surface area is 145 Å². The van der Waals surface area contributed by atoms with Crippen molar-refractivity contribution in [3.8, 4) is 10.7 Å². The first-order valence-corrected chi connectivity index (χ1v) is 8.92. The maximum atomic E-state index is 12.4. The highest BCUT2D eigenvalue weighted by Crippen LogP contribution is 2.20. The van der Waals surface area contributed by atoms with E-state index in [4.69, 9.17) is 0 Å². The van der Waals surface area contributed by atoms with Crippen molar-refractivity contribution >= 4 is 17.2 Å². The van der Waals surface area contributed by atoms with Crippen LogP contribution in [0.25, 0.3) is 10.7 Å². The van der Waals surface area contributed by atoms with E-state index in [1.165, 1.54) is 11.3 Å². The fourth-order valence-electron chi connectivity index (χ4n) is 2.62. The summed E-state index contributed by atoms with van der Waals surface area (Å²) in [5.41, 5.74) is 1.60. The number of piperazine rings is 1. The highest BCUT2D eigenvalue weighted by atomic mass is 32.1. The molecule has 0 bridgehead atoms. The minimum Gasteiger partial charge on any atom is -0.349 e. The summed E-state index contributed by atoms with van der Waals surface area (Å²) in [5.74, 6) is 0.0496. The average Bonchev–Trinajstić information content (AvgIpc) is 3.09. The summed E-state index contributed by atoms with van der Waals surface area (Å²) in [4.78, 5) is 29.7. The number of nitrogens with one attached hydrogen (secondary N) is 1. The molecule has 1 N–H and O–H groups in total. The van der Waals surface area contributed by atoms with E-state index in [2.05, 4.69) is 37.1 Å². The zero-order valence-corrected chi connectivity index (χ0v) is 14.8. The Hall–Kier alpha value is -1.90. The summed E-state index contributed by atoms with van der Waals surface area (Å²) in [7, 11) is 2.11. The zero-order chi connectivity index (χ0) is 16.9. The van der Waals surface area contributed by atoms with E-state index < -0.39 is 0 Å². The summed E-state index contributed by atoms with van der Waals surface area (Å²) in [6.07, 6.45) is 4.98. The third kappa shape index (κ3) is 4.14. The van der Waals surface area contributed by atoms with Crippen LogP contribution < -0.4 is 5.32 Å². The van der Waals surface area contributed by atoms with Crippen molar-refractivity contribution in [1.82, 2.24) is 30.1 Å². The Kier molecular flexibility index (Phi) is 5.49. The summed E-state index contributed by atoms with van der Waals surface area (Å²) in [6, 6.07) is -0.114. The molecular weight excluding hydrogens is 324 g/mol. The van der Waals surface area contributed by atoms with Crippen molar-refractivity contribution in [2.24, 2.45) is 0 Å². The molecule has 1 fully saturated rings. The molecule has 0 aliphatic carbocycles. The summed E-state index contributed by atoms with van der Waals surface area (Å²) < 4.78 is 0. The normalized spacial score (nSPS) is 17.6. The van der Waals surface area contributed by atoms with Crippen LogP contribution in [0.15, 0.2) is 24.0 Å². The molecule has 7 nitrogen and oxygen atoms in total. The number of aromatic nitrogens is 3. The lowest BCUT2D eigenvalue weighted by atomic mass is 10.2. The van der Waals surface area contributed by atoms with Crippen molar-refractivity contribution in [3.05, 3.63) is 29.7 Å². The van der Waals surface area contributed by atoms with Crippen LogP contribution in [0.4, 0.5) is 0 Å². The van der Waals surface area contributed by atoms with Crippen LogP contribution in [0.5, 0.6) is 0 Å². The largest absolute Gasteiger partial charge is 0.349 e. The van der Waals surface area contributed by atoms with Gasteiger partial charge in [0.1, 0.15) is 10.7 Å². The second-order valence-corrected chi connectivity index (χ2v) is 6.83. The van der Waals surface area contributed by atoms with Gasteiger partial charge >= 0.3 is 0 Å². The van der Waals surface area contributed by atoms with Gasteiger partial charge in [0.2, 0.25) is 5.91 Å². The van der Waals surface area contributed by atoms with Crippen LogP contribution in [-0.4, -0.2) is 69.9 Å². The quantitative estimate of drug-likeness (QED) is 0.865. The topological polar surface area (TPSA) is 74.2 Å². The summed E-state index contributed by atoms with van der Waals surface area (Å²) in [6.45, 7) is 6.27. The van der Waals surface area contributed by atoms with Crippen LogP contribution >= 0.6 is 11.3 Å². The highest BCUT2D eigenvalue weighted by molar-refractivity contribution is 7.13. The summed E-state index contributed by atoms with van der Waals surface area (Å²) in [5, 5.41) is 5.75. The lowest BCUT2D eigenvalue weighted by Gasteiger charge is -2.35. The highest BCUT2D eigenvalue weighted by Gasteiger charge is 2.24. The fourth-order valence-corrected chi connectivity index (χ4v) is 3.40. The van der Waals surface area contributed by atoms with Crippen LogP contribution in [0, 0.1) is 0 Å². The van der Waals surface area contributed by atoms with E-state index in [0.717, 1.165) is 42.6 Å². The predicted molar refractivity (Wildman–Crippen MR) is 93.5 cm³/mol. The minimum atomic E-state index is -0.114. The van der Waals surface area contributed by atoms with Gasteiger partial charge < -0.3 is 10.2 Å². The molecule has 1 aliphatic rings. The molecule has 24 heavy (non-hydrogen) atoms. The third-order valence-electron chi connectivity index (χ3n) is 4.24. The number of thiazole rings is 1. The lowest BCUT2D eigenvalue weighted by molar-refractivity contribution is -0.126.